The van der Waals surface area contributed by atoms with E-state index in [1.54, 1.807) is 24.3 Å². The summed E-state index contributed by atoms with van der Waals surface area (Å²) in [6.45, 7) is 7.74. The normalized spacial score (nSPS) is 15.2. The van der Waals surface area contributed by atoms with Crippen LogP contribution in [0.15, 0.2) is 66.7 Å². The number of carbonyl (C=O) groups excluding carboxylic acids is 1. The molecule has 0 aromatic heterocycles. The molecule has 9 nitrogen and oxygen atoms in total. The van der Waals surface area contributed by atoms with Crippen molar-refractivity contribution in [3.8, 4) is 11.5 Å². The largest absolute Gasteiger partial charge is 0.457 e. The van der Waals surface area contributed by atoms with Gasteiger partial charge in [0.05, 0.1) is 12.4 Å². The van der Waals surface area contributed by atoms with Crippen LogP contribution in [0, 0.1) is 6.92 Å². The van der Waals surface area contributed by atoms with Crippen LogP contribution in [-0.4, -0.2) is 62.4 Å². The zero-order valence-electron chi connectivity index (χ0n) is 24.6. The van der Waals surface area contributed by atoms with Gasteiger partial charge < -0.3 is 20.5 Å². The number of ether oxygens (including phenoxy) is 1. The number of aliphatic hydroxyl groups is 1. The number of piperidine rings is 1. The van der Waals surface area contributed by atoms with Gasteiger partial charge in [0.25, 0.3) is 5.91 Å². The van der Waals surface area contributed by atoms with E-state index in [2.05, 4.69) is 38.5 Å². The second-order valence-corrected chi connectivity index (χ2v) is 12.7. The minimum atomic E-state index is -3.31. The highest BCUT2D eigenvalue weighted by molar-refractivity contribution is 7.92. The molecule has 1 heterocycles. The third kappa shape index (κ3) is 9.55. The van der Waals surface area contributed by atoms with Gasteiger partial charge in [-0.3, -0.25) is 14.4 Å². The zero-order chi connectivity index (χ0) is 30.1. The minimum absolute atomic E-state index is 0.145. The highest BCUT2D eigenvalue weighted by Crippen LogP contribution is 2.24. The molecule has 1 fully saturated rings. The Bertz CT molecular complexity index is 1420. The first-order valence-electron chi connectivity index (χ1n) is 14.4. The minimum Gasteiger partial charge on any atom is -0.457 e. The molecule has 226 valence electrons. The lowest BCUT2D eigenvalue weighted by Crippen LogP contribution is -2.42. The maximum Gasteiger partial charge on any atom is 0.251 e. The predicted molar refractivity (Wildman–Crippen MR) is 166 cm³/mol. The number of hydrogen-bond acceptors (Lipinski definition) is 7. The molecule has 0 saturated carbocycles. The van der Waals surface area contributed by atoms with Crippen molar-refractivity contribution in [1.29, 1.82) is 0 Å². The number of nitrogens with one attached hydrogen (secondary N) is 3. The van der Waals surface area contributed by atoms with Gasteiger partial charge in [0.2, 0.25) is 10.0 Å². The third-order valence-electron chi connectivity index (χ3n) is 7.55. The lowest BCUT2D eigenvalue weighted by Gasteiger charge is -2.32. The summed E-state index contributed by atoms with van der Waals surface area (Å²) in [6.07, 6.45) is 3.31. The molecule has 1 saturated heterocycles. The average Bonchev–Trinajstić information content (AvgIpc) is 2.97. The van der Waals surface area contributed by atoms with Crippen molar-refractivity contribution in [2.75, 3.05) is 30.6 Å². The van der Waals surface area contributed by atoms with E-state index in [0.717, 1.165) is 55.6 Å². The molecular weight excluding hydrogens is 552 g/mol. The number of anilines is 1. The molecule has 0 spiro atoms. The fourth-order valence-electron chi connectivity index (χ4n) is 4.98. The smallest absolute Gasteiger partial charge is 0.251 e. The fraction of sp³-hybridized carbons (Fsp3) is 0.406. The molecular formula is C32H42N4O5S. The lowest BCUT2D eigenvalue weighted by molar-refractivity contribution is 0.0913. The van der Waals surface area contributed by atoms with Crippen molar-refractivity contribution in [3.63, 3.8) is 0 Å². The Morgan fingerprint density at radius 1 is 1.02 bits per heavy atom. The summed E-state index contributed by atoms with van der Waals surface area (Å²) >= 11 is 0. The standard InChI is InChI=1S/C32H42N4O5S/c1-4-28(37)21-34-32(38)31-7-5-6-25(23(31)2)20-33-26-16-18-36(19-17-26)22-24-8-12-29(13-9-24)41-30-14-10-27(11-15-30)35-42(3,39)40/h5-15,26,28,33,35,37H,4,16-22H2,1-3H3,(H,34,38). The van der Waals surface area contributed by atoms with Crippen molar-refractivity contribution in [3.05, 3.63) is 89.0 Å². The number of benzene rings is 3. The summed E-state index contributed by atoms with van der Waals surface area (Å²) in [5.41, 5.74) is 4.46. The first kappa shape index (κ1) is 31.5. The molecule has 4 rings (SSSR count). The number of sulfonamides is 1. The third-order valence-corrected chi connectivity index (χ3v) is 8.16. The Hall–Kier alpha value is -3.44. The Morgan fingerprint density at radius 3 is 2.29 bits per heavy atom. The van der Waals surface area contributed by atoms with Crippen LogP contribution in [-0.2, 0) is 23.1 Å². The van der Waals surface area contributed by atoms with E-state index >= 15 is 0 Å². The van der Waals surface area contributed by atoms with Crippen molar-refractivity contribution in [2.24, 2.45) is 0 Å². The number of likely N-dealkylation sites (tertiary alicyclic amines) is 1. The molecule has 1 amide bonds. The average molecular weight is 595 g/mol. The molecule has 3 aromatic carbocycles. The number of nitrogens with zero attached hydrogens (tertiary/aromatic N) is 1. The van der Waals surface area contributed by atoms with Gasteiger partial charge in [0.15, 0.2) is 0 Å². The number of carbonyl (C=O) groups is 1. The molecule has 1 unspecified atom stereocenters. The van der Waals surface area contributed by atoms with Gasteiger partial charge in [-0.05, 0) is 98.4 Å². The maximum atomic E-state index is 12.6. The van der Waals surface area contributed by atoms with Gasteiger partial charge >= 0.3 is 0 Å². The number of hydrogen-bond donors (Lipinski definition) is 4. The molecule has 1 atom stereocenters. The van der Waals surface area contributed by atoms with Gasteiger partial charge in [-0.15, -0.1) is 0 Å². The number of aliphatic hydroxyl groups excluding tert-OH is 1. The molecule has 42 heavy (non-hydrogen) atoms. The van der Waals surface area contributed by atoms with Crippen LogP contribution in [0.3, 0.4) is 0 Å². The number of rotatable bonds is 13. The molecule has 10 heteroatoms. The predicted octanol–water partition coefficient (Wildman–Crippen LogP) is 4.41. The van der Waals surface area contributed by atoms with Crippen LogP contribution in [0.5, 0.6) is 11.5 Å². The van der Waals surface area contributed by atoms with Gasteiger partial charge in [-0.2, -0.15) is 0 Å². The summed E-state index contributed by atoms with van der Waals surface area (Å²) in [4.78, 5) is 15.1. The van der Waals surface area contributed by atoms with Crippen molar-refractivity contribution >= 4 is 21.6 Å². The number of amides is 1. The van der Waals surface area contributed by atoms with Crippen LogP contribution < -0.4 is 20.1 Å². The van der Waals surface area contributed by atoms with Gasteiger partial charge in [-0.25, -0.2) is 8.42 Å². The SMILES string of the molecule is CCC(O)CNC(=O)c1cccc(CNC2CCN(Cc3ccc(Oc4ccc(NS(C)(=O)=O)cc4)cc3)CC2)c1C. The van der Waals surface area contributed by atoms with Crippen LogP contribution in [0.4, 0.5) is 5.69 Å². The lowest BCUT2D eigenvalue weighted by atomic mass is 10.00. The van der Waals surface area contributed by atoms with Crippen LogP contribution in [0.25, 0.3) is 0 Å². The first-order valence-corrected chi connectivity index (χ1v) is 16.3. The fourth-order valence-corrected chi connectivity index (χ4v) is 5.55. The van der Waals surface area contributed by atoms with Gasteiger partial charge in [0, 0.05) is 36.9 Å². The summed E-state index contributed by atoms with van der Waals surface area (Å²) < 4.78 is 31.1. The van der Waals surface area contributed by atoms with E-state index in [-0.39, 0.29) is 12.5 Å². The molecule has 1 aliphatic heterocycles. The van der Waals surface area contributed by atoms with Crippen LogP contribution in [0.2, 0.25) is 0 Å². The monoisotopic (exact) mass is 594 g/mol. The highest BCUT2D eigenvalue weighted by Gasteiger charge is 2.20. The molecule has 0 radical (unpaired) electrons. The summed E-state index contributed by atoms with van der Waals surface area (Å²) in [5.74, 6) is 1.21. The van der Waals surface area contributed by atoms with E-state index < -0.39 is 16.1 Å². The molecule has 1 aliphatic rings. The molecule has 4 N–H and O–H groups in total. The first-order chi connectivity index (χ1) is 20.1. The second kappa shape index (κ2) is 14.6. The quantitative estimate of drug-likeness (QED) is 0.231. The Balaban J connectivity index is 1.20. The van der Waals surface area contributed by atoms with Gasteiger partial charge in [-0.1, -0.05) is 31.2 Å². The van der Waals surface area contributed by atoms with E-state index in [1.807, 2.05) is 38.1 Å². The van der Waals surface area contributed by atoms with Crippen molar-refractivity contribution in [2.45, 2.75) is 58.3 Å². The van der Waals surface area contributed by atoms with E-state index in [4.69, 9.17) is 4.74 Å². The van der Waals surface area contributed by atoms with Crippen molar-refractivity contribution in [1.82, 2.24) is 15.5 Å². The van der Waals surface area contributed by atoms with E-state index in [1.165, 1.54) is 5.56 Å². The molecule has 3 aromatic rings. The Labute approximate surface area is 249 Å². The van der Waals surface area contributed by atoms with E-state index in [0.29, 0.717) is 36.0 Å². The van der Waals surface area contributed by atoms with E-state index in [9.17, 15) is 18.3 Å². The molecule has 0 aliphatic carbocycles. The highest BCUT2D eigenvalue weighted by atomic mass is 32.2. The summed E-state index contributed by atoms with van der Waals surface area (Å²) in [7, 11) is -3.31. The maximum absolute atomic E-state index is 12.6. The Morgan fingerprint density at radius 2 is 1.67 bits per heavy atom. The summed E-state index contributed by atoms with van der Waals surface area (Å²) in [5, 5.41) is 16.3. The second-order valence-electron chi connectivity index (χ2n) is 10.9. The van der Waals surface area contributed by atoms with Crippen LogP contribution in [0.1, 0.15) is 53.2 Å². The van der Waals surface area contributed by atoms with Gasteiger partial charge in [0.1, 0.15) is 11.5 Å². The van der Waals surface area contributed by atoms with Crippen LogP contribution >= 0.6 is 0 Å². The topological polar surface area (TPSA) is 120 Å². The Kier molecular flexibility index (Phi) is 11.0. The van der Waals surface area contributed by atoms with Crippen molar-refractivity contribution < 1.29 is 23.1 Å². The summed E-state index contributed by atoms with van der Waals surface area (Å²) in [6, 6.07) is 21.1. The zero-order valence-corrected chi connectivity index (χ0v) is 25.4. The molecule has 0 bridgehead atoms.